The summed E-state index contributed by atoms with van der Waals surface area (Å²) in [6.07, 6.45) is 5.06. The molecule has 0 radical (unpaired) electrons. The fourth-order valence-corrected chi connectivity index (χ4v) is 1.97. The molecule has 106 valence electrons. The van der Waals surface area contributed by atoms with E-state index in [1.165, 1.54) is 0 Å². The Morgan fingerprint density at radius 3 is 3.00 bits per heavy atom. The number of imidazole rings is 1. The molecule has 3 aromatic heterocycles. The van der Waals surface area contributed by atoms with Gasteiger partial charge in [0.2, 0.25) is 0 Å². The third-order valence-electron chi connectivity index (χ3n) is 2.88. The Labute approximate surface area is 120 Å². The van der Waals surface area contributed by atoms with Gasteiger partial charge < -0.3 is 9.72 Å². The summed E-state index contributed by atoms with van der Waals surface area (Å²) in [7, 11) is 0. The Balaban J connectivity index is 2.00. The number of H-pyrrole nitrogens is 2. The molecule has 7 heteroatoms. The van der Waals surface area contributed by atoms with Gasteiger partial charge in [-0.1, -0.05) is 0 Å². The second-order valence-electron chi connectivity index (χ2n) is 4.22. The zero-order valence-corrected chi connectivity index (χ0v) is 11.3. The summed E-state index contributed by atoms with van der Waals surface area (Å²) in [4.78, 5) is 23.2. The second kappa shape index (κ2) is 5.58. The highest BCUT2D eigenvalue weighted by molar-refractivity contribution is 5.89. The fraction of sp³-hybridized carbons (Fsp3) is 0.143. The first-order chi connectivity index (χ1) is 10.3. The van der Waals surface area contributed by atoms with Crippen molar-refractivity contribution in [3.63, 3.8) is 0 Å². The number of aromatic amines is 2. The molecule has 3 rings (SSSR count). The Morgan fingerprint density at radius 1 is 1.33 bits per heavy atom. The van der Waals surface area contributed by atoms with Crippen molar-refractivity contribution in [3.8, 4) is 22.8 Å². The minimum Gasteiger partial charge on any atom is -0.461 e. The largest absolute Gasteiger partial charge is 0.461 e. The number of rotatable bonds is 4. The molecule has 0 aliphatic carbocycles. The first-order valence-corrected chi connectivity index (χ1v) is 6.47. The van der Waals surface area contributed by atoms with E-state index in [9.17, 15) is 4.79 Å². The zero-order chi connectivity index (χ0) is 14.7. The second-order valence-corrected chi connectivity index (χ2v) is 4.22. The quantitative estimate of drug-likeness (QED) is 0.714. The van der Waals surface area contributed by atoms with Crippen LogP contribution in [0.1, 0.15) is 17.4 Å². The fourth-order valence-electron chi connectivity index (χ4n) is 1.97. The van der Waals surface area contributed by atoms with Crippen LogP contribution in [0.15, 0.2) is 36.8 Å². The van der Waals surface area contributed by atoms with Gasteiger partial charge in [-0.15, -0.1) is 0 Å². The van der Waals surface area contributed by atoms with Gasteiger partial charge in [-0.05, 0) is 25.1 Å². The molecule has 21 heavy (non-hydrogen) atoms. The predicted molar refractivity (Wildman–Crippen MR) is 75.4 cm³/mol. The van der Waals surface area contributed by atoms with Crippen molar-refractivity contribution in [3.05, 3.63) is 42.5 Å². The molecule has 0 saturated carbocycles. The number of nitrogens with zero attached hydrogens (tertiary/aromatic N) is 3. The van der Waals surface area contributed by atoms with Crippen LogP contribution in [0, 0.1) is 0 Å². The Morgan fingerprint density at radius 2 is 2.24 bits per heavy atom. The van der Waals surface area contributed by atoms with Gasteiger partial charge in [-0.25, -0.2) is 9.78 Å². The molecule has 2 N–H and O–H groups in total. The van der Waals surface area contributed by atoms with Crippen molar-refractivity contribution in [1.82, 2.24) is 25.1 Å². The van der Waals surface area contributed by atoms with E-state index >= 15 is 0 Å². The molecule has 0 aliphatic heterocycles. The van der Waals surface area contributed by atoms with Gasteiger partial charge in [0, 0.05) is 24.2 Å². The maximum Gasteiger partial charge on any atom is 0.356 e. The van der Waals surface area contributed by atoms with E-state index in [1.807, 2.05) is 6.07 Å². The van der Waals surface area contributed by atoms with Gasteiger partial charge >= 0.3 is 5.97 Å². The molecule has 0 saturated heterocycles. The minimum atomic E-state index is -0.431. The van der Waals surface area contributed by atoms with Crippen molar-refractivity contribution in [2.24, 2.45) is 0 Å². The summed E-state index contributed by atoms with van der Waals surface area (Å²) in [6, 6.07) is 5.32. The number of ether oxygens (including phenoxy) is 1. The molecular weight excluding hydrogens is 270 g/mol. The minimum absolute atomic E-state index is 0.307. The lowest BCUT2D eigenvalue weighted by Crippen LogP contribution is -2.04. The Bertz CT molecular complexity index is 748. The number of hydrogen-bond donors (Lipinski definition) is 2. The highest BCUT2D eigenvalue weighted by Gasteiger charge is 2.16. The molecule has 3 aromatic rings. The molecule has 0 bridgehead atoms. The van der Waals surface area contributed by atoms with Gasteiger partial charge in [0.25, 0.3) is 0 Å². The van der Waals surface area contributed by atoms with Crippen molar-refractivity contribution < 1.29 is 9.53 Å². The Hall–Kier alpha value is -2.96. The summed E-state index contributed by atoms with van der Waals surface area (Å²) >= 11 is 0. The molecule has 0 atom stereocenters. The van der Waals surface area contributed by atoms with Crippen LogP contribution in [-0.4, -0.2) is 37.7 Å². The molecule has 0 unspecified atom stereocenters. The number of esters is 1. The molecule has 0 aromatic carbocycles. The lowest BCUT2D eigenvalue weighted by molar-refractivity contribution is 0.0519. The monoisotopic (exact) mass is 283 g/mol. The maximum atomic E-state index is 11.7. The van der Waals surface area contributed by atoms with Crippen molar-refractivity contribution in [2.45, 2.75) is 6.92 Å². The van der Waals surface area contributed by atoms with E-state index in [2.05, 4.69) is 25.1 Å². The molecule has 0 amide bonds. The number of aromatic nitrogens is 5. The van der Waals surface area contributed by atoms with Gasteiger partial charge in [-0.2, -0.15) is 5.10 Å². The summed E-state index contributed by atoms with van der Waals surface area (Å²) in [5, 5.41) is 6.83. The van der Waals surface area contributed by atoms with Crippen LogP contribution in [0.3, 0.4) is 0 Å². The van der Waals surface area contributed by atoms with Crippen LogP contribution in [0.25, 0.3) is 22.8 Å². The molecule has 0 fully saturated rings. The van der Waals surface area contributed by atoms with Gasteiger partial charge in [-0.3, -0.25) is 10.1 Å². The van der Waals surface area contributed by atoms with Crippen molar-refractivity contribution in [2.75, 3.05) is 6.61 Å². The Kier molecular flexibility index (Phi) is 3.46. The van der Waals surface area contributed by atoms with Crippen LogP contribution < -0.4 is 0 Å². The highest BCUT2D eigenvalue weighted by atomic mass is 16.5. The predicted octanol–water partition coefficient (Wildman–Crippen LogP) is 2.04. The number of carbonyl (C=O) groups is 1. The van der Waals surface area contributed by atoms with E-state index in [-0.39, 0.29) is 0 Å². The van der Waals surface area contributed by atoms with Gasteiger partial charge in [0.1, 0.15) is 11.4 Å². The van der Waals surface area contributed by atoms with Crippen LogP contribution in [0.2, 0.25) is 0 Å². The van der Waals surface area contributed by atoms with E-state index < -0.39 is 5.97 Å². The third-order valence-corrected chi connectivity index (χ3v) is 2.88. The SMILES string of the molecule is CCOC(=O)c1cc(-c2cccnc2-c2ncc[nH]2)n[nH]1. The van der Waals surface area contributed by atoms with Crippen LogP contribution in [0.4, 0.5) is 0 Å². The molecule has 0 spiro atoms. The first-order valence-electron chi connectivity index (χ1n) is 6.47. The van der Waals surface area contributed by atoms with Gasteiger partial charge in [0.05, 0.1) is 12.3 Å². The average molecular weight is 283 g/mol. The van der Waals surface area contributed by atoms with Crippen molar-refractivity contribution >= 4 is 5.97 Å². The summed E-state index contributed by atoms with van der Waals surface area (Å²) in [6.45, 7) is 2.07. The normalized spacial score (nSPS) is 10.5. The smallest absolute Gasteiger partial charge is 0.356 e. The summed E-state index contributed by atoms with van der Waals surface area (Å²) in [5.41, 5.74) is 2.36. The summed E-state index contributed by atoms with van der Waals surface area (Å²) in [5.74, 6) is 0.214. The third kappa shape index (κ3) is 2.53. The van der Waals surface area contributed by atoms with Crippen LogP contribution >= 0.6 is 0 Å². The lowest BCUT2D eigenvalue weighted by Gasteiger charge is -2.02. The number of pyridine rings is 1. The van der Waals surface area contributed by atoms with Crippen molar-refractivity contribution in [1.29, 1.82) is 0 Å². The number of carbonyl (C=O) groups excluding carboxylic acids is 1. The van der Waals surface area contributed by atoms with E-state index in [0.29, 0.717) is 29.5 Å². The van der Waals surface area contributed by atoms with E-state index in [4.69, 9.17) is 4.74 Å². The van der Waals surface area contributed by atoms with E-state index in [0.717, 1.165) is 5.56 Å². The van der Waals surface area contributed by atoms with Crippen LogP contribution in [-0.2, 0) is 4.74 Å². The molecule has 0 aliphatic rings. The zero-order valence-electron chi connectivity index (χ0n) is 11.3. The van der Waals surface area contributed by atoms with Crippen LogP contribution in [0.5, 0.6) is 0 Å². The lowest BCUT2D eigenvalue weighted by atomic mass is 10.1. The number of hydrogen-bond acceptors (Lipinski definition) is 5. The molecule has 7 nitrogen and oxygen atoms in total. The number of nitrogens with one attached hydrogen (secondary N) is 2. The molecule has 3 heterocycles. The van der Waals surface area contributed by atoms with E-state index in [1.54, 1.807) is 37.6 Å². The topological polar surface area (TPSA) is 96.6 Å². The molecular formula is C14H13N5O2. The summed E-state index contributed by atoms with van der Waals surface area (Å²) < 4.78 is 4.94. The van der Waals surface area contributed by atoms with Gasteiger partial charge in [0.15, 0.2) is 5.82 Å². The maximum absolute atomic E-state index is 11.7. The highest BCUT2D eigenvalue weighted by Crippen LogP contribution is 2.27. The first kappa shape index (κ1) is 13.0. The standard InChI is InChI=1S/C14H13N5O2/c1-2-21-14(20)11-8-10(18-19-11)9-4-3-5-15-12(9)13-16-6-7-17-13/h3-8H,2H2,1H3,(H,16,17)(H,18,19). The average Bonchev–Trinajstić information content (AvgIpc) is 3.19.